The Kier molecular flexibility index (Phi) is 5.37. The highest BCUT2D eigenvalue weighted by atomic mass is 16.4. The molecule has 0 spiro atoms. The van der Waals surface area contributed by atoms with Crippen LogP contribution in [0.25, 0.3) is 0 Å². The molecule has 6 heteroatoms. The summed E-state index contributed by atoms with van der Waals surface area (Å²) in [6.45, 7) is 6.72. The smallest absolute Gasteiger partial charge is 0.335 e. The van der Waals surface area contributed by atoms with Crippen LogP contribution in [0.4, 0.5) is 11.4 Å². The summed E-state index contributed by atoms with van der Waals surface area (Å²) in [5.41, 5.74) is 7.06. The molecule has 0 saturated carbocycles. The van der Waals surface area contributed by atoms with Gasteiger partial charge in [-0.1, -0.05) is 0 Å². The van der Waals surface area contributed by atoms with Crippen molar-refractivity contribution in [2.75, 3.05) is 23.7 Å². The van der Waals surface area contributed by atoms with Crippen LogP contribution >= 0.6 is 0 Å². The molecule has 0 fully saturated rings. The molecule has 0 aliphatic heterocycles. The molecule has 6 nitrogen and oxygen atoms in total. The number of hydrogen-bond acceptors (Lipinski definition) is 4. The summed E-state index contributed by atoms with van der Waals surface area (Å²) in [7, 11) is 0. The molecule has 0 aromatic heterocycles. The second-order valence-electron chi connectivity index (χ2n) is 4.44. The average molecular weight is 279 g/mol. The van der Waals surface area contributed by atoms with Gasteiger partial charge in [-0.2, -0.15) is 0 Å². The summed E-state index contributed by atoms with van der Waals surface area (Å²) in [4.78, 5) is 24.7. The Morgan fingerprint density at radius 2 is 2.05 bits per heavy atom. The van der Waals surface area contributed by atoms with Crippen LogP contribution in [0.15, 0.2) is 18.2 Å². The number of likely N-dealkylation sites (N-methyl/N-ethyl adjacent to an activating group) is 2. The van der Waals surface area contributed by atoms with Gasteiger partial charge in [-0.25, -0.2) is 4.79 Å². The zero-order chi connectivity index (χ0) is 15.3. The van der Waals surface area contributed by atoms with Gasteiger partial charge in [0.2, 0.25) is 5.91 Å². The van der Waals surface area contributed by atoms with Crippen molar-refractivity contribution in [3.05, 3.63) is 23.8 Å². The van der Waals surface area contributed by atoms with Crippen molar-refractivity contribution in [3.63, 3.8) is 0 Å². The van der Waals surface area contributed by atoms with Crippen molar-refractivity contribution in [1.82, 2.24) is 5.32 Å². The van der Waals surface area contributed by atoms with Gasteiger partial charge in [0.25, 0.3) is 0 Å². The lowest BCUT2D eigenvalue weighted by atomic mass is 10.1. The van der Waals surface area contributed by atoms with Crippen LogP contribution in [0.3, 0.4) is 0 Å². The number of nitrogen functional groups attached to an aromatic ring is 1. The molecule has 0 saturated heterocycles. The number of carboxylic acids is 1. The number of nitrogens with zero attached hydrogens (tertiary/aromatic N) is 1. The molecule has 1 rings (SSSR count). The van der Waals surface area contributed by atoms with Crippen LogP contribution < -0.4 is 16.0 Å². The van der Waals surface area contributed by atoms with E-state index in [-0.39, 0.29) is 17.5 Å². The van der Waals surface area contributed by atoms with E-state index in [2.05, 4.69) is 5.32 Å². The van der Waals surface area contributed by atoms with Gasteiger partial charge in [-0.3, -0.25) is 4.79 Å². The molecule has 1 atom stereocenters. The standard InChI is InChI=1S/C14H21N3O3/c1-4-16-13(18)9(3)17(5-2)12-7-6-10(14(19)20)8-11(12)15/h6-9H,4-5,15H2,1-3H3,(H,16,18)(H,19,20). The third kappa shape index (κ3) is 3.40. The topological polar surface area (TPSA) is 95.7 Å². The second-order valence-corrected chi connectivity index (χ2v) is 4.44. The zero-order valence-electron chi connectivity index (χ0n) is 12.0. The normalized spacial score (nSPS) is 11.8. The fourth-order valence-electron chi connectivity index (χ4n) is 2.07. The summed E-state index contributed by atoms with van der Waals surface area (Å²) in [6.07, 6.45) is 0. The van der Waals surface area contributed by atoms with E-state index in [4.69, 9.17) is 10.8 Å². The highest BCUT2D eigenvalue weighted by Gasteiger charge is 2.21. The number of anilines is 2. The van der Waals surface area contributed by atoms with Crippen LogP contribution in [0, 0.1) is 0 Å². The Morgan fingerprint density at radius 3 is 2.50 bits per heavy atom. The molecule has 0 bridgehead atoms. The fraction of sp³-hybridized carbons (Fsp3) is 0.429. The molecule has 0 heterocycles. The highest BCUT2D eigenvalue weighted by Crippen LogP contribution is 2.26. The highest BCUT2D eigenvalue weighted by molar-refractivity contribution is 5.91. The van der Waals surface area contributed by atoms with E-state index >= 15 is 0 Å². The largest absolute Gasteiger partial charge is 0.478 e. The Labute approximate surface area is 118 Å². The van der Waals surface area contributed by atoms with E-state index in [1.165, 1.54) is 12.1 Å². The lowest BCUT2D eigenvalue weighted by Gasteiger charge is -2.30. The fourth-order valence-corrected chi connectivity index (χ4v) is 2.07. The number of amides is 1. The maximum atomic E-state index is 11.9. The maximum Gasteiger partial charge on any atom is 0.335 e. The summed E-state index contributed by atoms with van der Waals surface area (Å²) < 4.78 is 0. The SMILES string of the molecule is CCNC(=O)C(C)N(CC)c1ccc(C(=O)O)cc1N. The number of nitrogens with two attached hydrogens (primary N) is 1. The van der Waals surface area contributed by atoms with E-state index in [9.17, 15) is 9.59 Å². The summed E-state index contributed by atoms with van der Waals surface area (Å²) in [5.74, 6) is -1.11. The van der Waals surface area contributed by atoms with Crippen LogP contribution in [0.1, 0.15) is 31.1 Å². The Morgan fingerprint density at radius 1 is 1.40 bits per heavy atom. The number of rotatable bonds is 6. The third-order valence-corrected chi connectivity index (χ3v) is 3.12. The molecular formula is C14H21N3O3. The first-order valence-corrected chi connectivity index (χ1v) is 6.59. The van der Waals surface area contributed by atoms with E-state index in [1.54, 1.807) is 13.0 Å². The quantitative estimate of drug-likeness (QED) is 0.682. The van der Waals surface area contributed by atoms with Gasteiger partial charge in [0.05, 0.1) is 16.9 Å². The maximum absolute atomic E-state index is 11.9. The van der Waals surface area contributed by atoms with Crippen molar-refractivity contribution < 1.29 is 14.7 Å². The van der Waals surface area contributed by atoms with Crippen molar-refractivity contribution >= 4 is 23.3 Å². The van der Waals surface area contributed by atoms with E-state index < -0.39 is 5.97 Å². The van der Waals surface area contributed by atoms with Crippen LogP contribution in [-0.4, -0.2) is 36.1 Å². The van der Waals surface area contributed by atoms with Gasteiger partial charge in [-0.15, -0.1) is 0 Å². The third-order valence-electron chi connectivity index (χ3n) is 3.12. The molecule has 1 aromatic carbocycles. The van der Waals surface area contributed by atoms with Crippen molar-refractivity contribution in [2.45, 2.75) is 26.8 Å². The molecule has 0 radical (unpaired) electrons. The van der Waals surface area contributed by atoms with Gasteiger partial charge >= 0.3 is 5.97 Å². The van der Waals surface area contributed by atoms with Gasteiger partial charge in [-0.05, 0) is 39.0 Å². The molecule has 110 valence electrons. The number of carbonyl (C=O) groups is 2. The summed E-state index contributed by atoms with van der Waals surface area (Å²) in [6, 6.07) is 4.15. The number of carbonyl (C=O) groups excluding carboxylic acids is 1. The minimum Gasteiger partial charge on any atom is -0.478 e. The van der Waals surface area contributed by atoms with Crippen molar-refractivity contribution in [3.8, 4) is 0 Å². The van der Waals surface area contributed by atoms with E-state index in [0.29, 0.717) is 24.5 Å². The number of carboxylic acid groups (broad SMARTS) is 1. The number of benzene rings is 1. The molecule has 1 unspecified atom stereocenters. The second kappa shape index (κ2) is 6.79. The molecule has 4 N–H and O–H groups in total. The van der Waals surface area contributed by atoms with Crippen LogP contribution in [0.2, 0.25) is 0 Å². The molecule has 1 aromatic rings. The Hall–Kier alpha value is -2.24. The van der Waals surface area contributed by atoms with Crippen molar-refractivity contribution in [2.24, 2.45) is 0 Å². The molecule has 20 heavy (non-hydrogen) atoms. The lowest BCUT2D eigenvalue weighted by molar-refractivity contribution is -0.121. The monoisotopic (exact) mass is 279 g/mol. The minimum atomic E-state index is -1.02. The molecule has 1 amide bonds. The number of hydrogen-bond donors (Lipinski definition) is 3. The Balaban J connectivity index is 3.06. The van der Waals surface area contributed by atoms with Gasteiger partial charge < -0.3 is 21.1 Å². The van der Waals surface area contributed by atoms with E-state index in [1.807, 2.05) is 18.7 Å². The first-order chi connectivity index (χ1) is 9.42. The average Bonchev–Trinajstić information content (AvgIpc) is 2.41. The van der Waals surface area contributed by atoms with Crippen molar-refractivity contribution in [1.29, 1.82) is 0 Å². The van der Waals surface area contributed by atoms with E-state index in [0.717, 1.165) is 0 Å². The predicted molar refractivity (Wildman–Crippen MR) is 79.0 cm³/mol. The first-order valence-electron chi connectivity index (χ1n) is 6.59. The predicted octanol–water partition coefficient (Wildman–Crippen LogP) is 1.32. The molecule has 0 aliphatic carbocycles. The number of nitrogens with one attached hydrogen (secondary N) is 1. The van der Waals surface area contributed by atoms with Crippen LogP contribution in [0.5, 0.6) is 0 Å². The van der Waals surface area contributed by atoms with Crippen LogP contribution in [-0.2, 0) is 4.79 Å². The summed E-state index contributed by atoms with van der Waals surface area (Å²) >= 11 is 0. The van der Waals surface area contributed by atoms with Gasteiger partial charge in [0.15, 0.2) is 0 Å². The molecular weight excluding hydrogens is 258 g/mol. The Bertz CT molecular complexity index is 502. The number of aromatic carboxylic acids is 1. The lowest BCUT2D eigenvalue weighted by Crippen LogP contribution is -2.45. The minimum absolute atomic E-state index is 0.0870. The van der Waals surface area contributed by atoms with Gasteiger partial charge in [0.1, 0.15) is 6.04 Å². The van der Waals surface area contributed by atoms with Gasteiger partial charge in [0, 0.05) is 13.1 Å². The zero-order valence-corrected chi connectivity index (χ0v) is 12.0. The molecule has 0 aliphatic rings. The summed E-state index contributed by atoms with van der Waals surface area (Å²) in [5, 5.41) is 11.7. The first kappa shape index (κ1) is 15.8.